The van der Waals surface area contributed by atoms with Crippen LogP contribution in [-0.2, 0) is 6.54 Å². The average molecular weight is 349 g/mol. The van der Waals surface area contributed by atoms with Crippen LogP contribution in [0.1, 0.15) is 41.0 Å². The Kier molecular flexibility index (Phi) is 5.62. The SMILES string of the molecule is Cc1cc(C)c(CNC(=O)c2cc(Cl)nc(NC(C)C)c2)c(=O)[nH]1. The fourth-order valence-corrected chi connectivity index (χ4v) is 2.58. The first-order valence-electron chi connectivity index (χ1n) is 7.68. The highest BCUT2D eigenvalue weighted by atomic mass is 35.5. The molecule has 0 fully saturated rings. The Morgan fingerprint density at radius 3 is 2.62 bits per heavy atom. The lowest BCUT2D eigenvalue weighted by molar-refractivity contribution is 0.0950. The molecule has 3 N–H and O–H groups in total. The van der Waals surface area contributed by atoms with E-state index in [1.807, 2.05) is 33.8 Å². The van der Waals surface area contributed by atoms with Gasteiger partial charge in [-0.2, -0.15) is 0 Å². The minimum absolute atomic E-state index is 0.146. The Bertz CT molecular complexity index is 815. The number of aryl methyl sites for hydroxylation is 2. The van der Waals surface area contributed by atoms with E-state index in [0.717, 1.165) is 11.3 Å². The first-order chi connectivity index (χ1) is 11.3. The number of amides is 1. The molecular formula is C17H21ClN4O2. The maximum atomic E-state index is 12.4. The third-order valence-corrected chi connectivity index (χ3v) is 3.61. The number of nitrogens with zero attached hydrogens (tertiary/aromatic N) is 1. The van der Waals surface area contributed by atoms with Gasteiger partial charge in [0.15, 0.2) is 0 Å². The van der Waals surface area contributed by atoms with E-state index < -0.39 is 0 Å². The molecule has 24 heavy (non-hydrogen) atoms. The van der Waals surface area contributed by atoms with Crippen LogP contribution >= 0.6 is 11.6 Å². The molecule has 0 atom stereocenters. The number of rotatable bonds is 5. The summed E-state index contributed by atoms with van der Waals surface area (Å²) in [5, 5.41) is 6.09. The van der Waals surface area contributed by atoms with Crippen LogP contribution in [0.4, 0.5) is 5.82 Å². The van der Waals surface area contributed by atoms with Crippen LogP contribution in [0.5, 0.6) is 0 Å². The minimum atomic E-state index is -0.314. The number of H-pyrrole nitrogens is 1. The summed E-state index contributed by atoms with van der Waals surface area (Å²) in [6.45, 7) is 7.74. The number of hydrogen-bond acceptors (Lipinski definition) is 4. The highest BCUT2D eigenvalue weighted by Gasteiger charge is 2.12. The van der Waals surface area contributed by atoms with Crippen LogP contribution in [0.15, 0.2) is 23.0 Å². The molecule has 2 rings (SSSR count). The average Bonchev–Trinajstić information content (AvgIpc) is 2.44. The second-order valence-electron chi connectivity index (χ2n) is 5.99. The van der Waals surface area contributed by atoms with Gasteiger partial charge in [0.2, 0.25) is 0 Å². The van der Waals surface area contributed by atoms with Crippen LogP contribution in [0.25, 0.3) is 0 Å². The number of anilines is 1. The standard InChI is InChI=1S/C17H21ClN4O2/c1-9(2)20-15-7-12(6-14(18)22-15)16(23)19-8-13-10(3)5-11(4)21-17(13)24/h5-7,9H,8H2,1-4H3,(H,19,23)(H,20,22)(H,21,24). The number of hydrogen-bond donors (Lipinski definition) is 3. The van der Waals surface area contributed by atoms with Gasteiger partial charge in [-0.25, -0.2) is 4.98 Å². The van der Waals surface area contributed by atoms with Crippen molar-refractivity contribution in [2.24, 2.45) is 0 Å². The molecule has 6 nitrogen and oxygen atoms in total. The molecule has 0 aliphatic heterocycles. The fourth-order valence-electron chi connectivity index (χ4n) is 2.37. The zero-order chi connectivity index (χ0) is 17.9. The largest absolute Gasteiger partial charge is 0.368 e. The van der Waals surface area contributed by atoms with Gasteiger partial charge >= 0.3 is 0 Å². The van der Waals surface area contributed by atoms with Crippen molar-refractivity contribution in [3.05, 3.63) is 56.1 Å². The van der Waals surface area contributed by atoms with Crippen LogP contribution in [-0.4, -0.2) is 21.9 Å². The van der Waals surface area contributed by atoms with Gasteiger partial charge in [-0.15, -0.1) is 0 Å². The lowest BCUT2D eigenvalue weighted by atomic mass is 10.1. The molecule has 0 aliphatic rings. The predicted octanol–water partition coefficient (Wildman–Crippen LogP) is 2.79. The summed E-state index contributed by atoms with van der Waals surface area (Å²) in [5.41, 5.74) is 2.36. The Balaban J connectivity index is 2.16. The van der Waals surface area contributed by atoms with Gasteiger partial charge in [0.05, 0.1) is 0 Å². The van der Waals surface area contributed by atoms with E-state index in [2.05, 4.69) is 20.6 Å². The monoisotopic (exact) mass is 348 g/mol. The Hall–Kier alpha value is -2.34. The van der Waals surface area contributed by atoms with E-state index in [4.69, 9.17) is 11.6 Å². The third kappa shape index (κ3) is 4.58. The zero-order valence-electron chi connectivity index (χ0n) is 14.2. The molecule has 2 heterocycles. The van der Waals surface area contributed by atoms with Crippen molar-refractivity contribution in [1.82, 2.24) is 15.3 Å². The van der Waals surface area contributed by atoms with Crippen molar-refractivity contribution >= 4 is 23.3 Å². The van der Waals surface area contributed by atoms with Crippen molar-refractivity contribution < 1.29 is 4.79 Å². The van der Waals surface area contributed by atoms with E-state index in [9.17, 15) is 9.59 Å². The van der Waals surface area contributed by atoms with Crippen molar-refractivity contribution in [3.8, 4) is 0 Å². The van der Waals surface area contributed by atoms with E-state index in [-0.39, 0.29) is 29.2 Å². The molecule has 2 aromatic rings. The number of carbonyl (C=O) groups is 1. The molecule has 0 saturated carbocycles. The molecule has 0 spiro atoms. The Morgan fingerprint density at radius 1 is 1.29 bits per heavy atom. The maximum absolute atomic E-state index is 12.4. The lowest BCUT2D eigenvalue weighted by Crippen LogP contribution is -2.28. The van der Waals surface area contributed by atoms with Gasteiger partial charge < -0.3 is 15.6 Å². The summed E-state index contributed by atoms with van der Waals surface area (Å²) < 4.78 is 0. The molecule has 7 heteroatoms. The summed E-state index contributed by atoms with van der Waals surface area (Å²) in [4.78, 5) is 31.2. The quantitative estimate of drug-likeness (QED) is 0.725. The highest BCUT2D eigenvalue weighted by Crippen LogP contribution is 2.15. The Morgan fingerprint density at radius 2 is 2.00 bits per heavy atom. The molecule has 0 bridgehead atoms. The van der Waals surface area contributed by atoms with Crippen molar-refractivity contribution in [2.75, 3.05) is 5.32 Å². The number of aromatic amines is 1. The van der Waals surface area contributed by atoms with Gasteiger partial charge in [0, 0.05) is 29.4 Å². The smallest absolute Gasteiger partial charge is 0.253 e. The molecule has 2 aromatic heterocycles. The lowest BCUT2D eigenvalue weighted by Gasteiger charge is -2.12. The summed E-state index contributed by atoms with van der Waals surface area (Å²) in [7, 11) is 0. The number of halogens is 1. The zero-order valence-corrected chi connectivity index (χ0v) is 14.9. The van der Waals surface area contributed by atoms with Gasteiger partial charge in [-0.1, -0.05) is 11.6 Å². The van der Waals surface area contributed by atoms with Crippen LogP contribution in [0.2, 0.25) is 5.15 Å². The number of carbonyl (C=O) groups excluding carboxylic acids is 1. The van der Waals surface area contributed by atoms with E-state index in [1.165, 1.54) is 6.07 Å². The Labute approximate surface area is 145 Å². The van der Waals surface area contributed by atoms with Gasteiger partial charge in [0.25, 0.3) is 11.5 Å². The normalized spacial score (nSPS) is 10.8. The number of aromatic nitrogens is 2. The molecule has 0 unspecified atom stereocenters. The molecule has 0 saturated heterocycles. The first-order valence-corrected chi connectivity index (χ1v) is 8.05. The molecule has 0 aliphatic carbocycles. The fraction of sp³-hybridized carbons (Fsp3) is 0.353. The highest BCUT2D eigenvalue weighted by molar-refractivity contribution is 6.29. The maximum Gasteiger partial charge on any atom is 0.253 e. The van der Waals surface area contributed by atoms with Crippen LogP contribution in [0.3, 0.4) is 0 Å². The second kappa shape index (κ2) is 7.49. The third-order valence-electron chi connectivity index (χ3n) is 3.41. The molecule has 0 aromatic carbocycles. The van der Waals surface area contributed by atoms with Crippen molar-refractivity contribution in [3.63, 3.8) is 0 Å². The number of nitrogens with one attached hydrogen (secondary N) is 3. The van der Waals surface area contributed by atoms with Crippen LogP contribution in [0, 0.1) is 13.8 Å². The summed E-state index contributed by atoms with van der Waals surface area (Å²) >= 11 is 5.98. The summed E-state index contributed by atoms with van der Waals surface area (Å²) in [6, 6.07) is 5.17. The predicted molar refractivity (Wildman–Crippen MR) is 95.7 cm³/mol. The molecule has 128 valence electrons. The van der Waals surface area contributed by atoms with E-state index >= 15 is 0 Å². The molecule has 1 amide bonds. The van der Waals surface area contributed by atoms with Crippen molar-refractivity contribution in [2.45, 2.75) is 40.3 Å². The van der Waals surface area contributed by atoms with E-state index in [0.29, 0.717) is 16.9 Å². The number of pyridine rings is 2. The van der Waals surface area contributed by atoms with Crippen molar-refractivity contribution in [1.29, 1.82) is 0 Å². The first kappa shape index (κ1) is 18.0. The molecule has 0 radical (unpaired) electrons. The van der Waals surface area contributed by atoms with E-state index in [1.54, 1.807) is 6.07 Å². The van der Waals surface area contributed by atoms with Gasteiger partial charge in [-0.05, 0) is 51.5 Å². The summed E-state index contributed by atoms with van der Waals surface area (Å²) in [6.07, 6.45) is 0. The molecular weight excluding hydrogens is 328 g/mol. The minimum Gasteiger partial charge on any atom is -0.368 e. The van der Waals surface area contributed by atoms with Crippen LogP contribution < -0.4 is 16.2 Å². The summed E-state index contributed by atoms with van der Waals surface area (Å²) in [5.74, 6) is 0.220. The topological polar surface area (TPSA) is 86.9 Å². The van der Waals surface area contributed by atoms with Gasteiger partial charge in [-0.3, -0.25) is 9.59 Å². The van der Waals surface area contributed by atoms with Gasteiger partial charge in [0.1, 0.15) is 11.0 Å². The second-order valence-corrected chi connectivity index (χ2v) is 6.38.